The minimum atomic E-state index is -0.343. The zero-order chi connectivity index (χ0) is 14.7. The molecule has 4 nitrogen and oxygen atoms in total. The fourth-order valence-electron chi connectivity index (χ4n) is 1.85. The molecule has 0 heterocycles. The van der Waals surface area contributed by atoms with Crippen LogP contribution < -0.4 is 5.32 Å². The zero-order valence-corrected chi connectivity index (χ0v) is 12.8. The second kappa shape index (κ2) is 9.59. The lowest BCUT2D eigenvalue weighted by Gasteiger charge is -2.25. The molecule has 0 rings (SSSR count). The van der Waals surface area contributed by atoms with Crippen molar-refractivity contribution in [2.75, 3.05) is 6.61 Å². The van der Waals surface area contributed by atoms with E-state index in [-0.39, 0.29) is 11.4 Å². The van der Waals surface area contributed by atoms with E-state index in [1.54, 1.807) is 0 Å². The molecule has 0 aliphatic heterocycles. The van der Waals surface area contributed by atoms with Crippen LogP contribution in [-0.2, 0) is 9.63 Å². The van der Waals surface area contributed by atoms with Gasteiger partial charge in [0.05, 0.1) is 5.71 Å². The topological polar surface area (TPSA) is 50.7 Å². The second-order valence-electron chi connectivity index (χ2n) is 5.47. The van der Waals surface area contributed by atoms with Gasteiger partial charge in [0.2, 0.25) is 5.91 Å². The van der Waals surface area contributed by atoms with E-state index >= 15 is 0 Å². The van der Waals surface area contributed by atoms with Gasteiger partial charge >= 0.3 is 0 Å². The largest absolute Gasteiger partial charge is 0.396 e. The van der Waals surface area contributed by atoms with Crippen molar-refractivity contribution in [1.29, 1.82) is 0 Å². The highest BCUT2D eigenvalue weighted by atomic mass is 16.6. The van der Waals surface area contributed by atoms with Crippen LogP contribution in [-0.4, -0.2) is 23.8 Å². The zero-order valence-electron chi connectivity index (χ0n) is 12.8. The van der Waals surface area contributed by atoms with Crippen molar-refractivity contribution in [2.24, 2.45) is 5.16 Å². The number of oxime groups is 1. The number of carbonyl (C=O) groups excluding carboxylic acids is 1. The Labute approximate surface area is 117 Å². The maximum atomic E-state index is 11.3. The van der Waals surface area contributed by atoms with Gasteiger partial charge in [-0.15, -0.1) is 0 Å². The lowest BCUT2D eigenvalue weighted by molar-refractivity contribution is -0.117. The second-order valence-corrected chi connectivity index (χ2v) is 5.47. The first kappa shape index (κ1) is 17.7. The summed E-state index contributed by atoms with van der Waals surface area (Å²) in [5.74, 6) is -0.168. The SMILES string of the molecule is C=CC(=O)NC(C)(C)CC(C)=NOCCCCCC. The predicted octanol–water partition coefficient (Wildman–Crippen LogP) is 3.43. The van der Waals surface area contributed by atoms with E-state index in [0.717, 1.165) is 12.1 Å². The maximum Gasteiger partial charge on any atom is 0.243 e. The van der Waals surface area contributed by atoms with Gasteiger partial charge in [-0.3, -0.25) is 4.79 Å². The first-order valence-electron chi connectivity index (χ1n) is 7.01. The Morgan fingerprint density at radius 2 is 2.05 bits per heavy atom. The Balaban J connectivity index is 3.96. The molecule has 0 unspecified atom stereocenters. The summed E-state index contributed by atoms with van der Waals surface area (Å²) < 4.78 is 0. The number of unbranched alkanes of at least 4 members (excludes halogenated alkanes) is 3. The molecular weight excluding hydrogens is 240 g/mol. The molecule has 0 saturated carbocycles. The minimum absolute atomic E-state index is 0.168. The number of amides is 1. The molecule has 4 heteroatoms. The van der Waals surface area contributed by atoms with E-state index in [9.17, 15) is 4.79 Å². The van der Waals surface area contributed by atoms with Gasteiger partial charge in [0, 0.05) is 12.0 Å². The Hall–Kier alpha value is -1.32. The average molecular weight is 268 g/mol. The standard InChI is InChI=1S/C15H28N2O2/c1-6-8-9-10-11-19-17-13(3)12-15(4,5)16-14(18)7-2/h7H,2,6,8-12H2,1,3-5H3,(H,16,18). The van der Waals surface area contributed by atoms with Crippen LogP contribution in [0, 0.1) is 0 Å². The summed E-state index contributed by atoms with van der Waals surface area (Å²) in [5, 5.41) is 6.94. The van der Waals surface area contributed by atoms with Gasteiger partial charge in [-0.2, -0.15) is 0 Å². The number of rotatable bonds is 10. The number of carbonyl (C=O) groups is 1. The van der Waals surface area contributed by atoms with Crippen LogP contribution in [0.25, 0.3) is 0 Å². The van der Waals surface area contributed by atoms with Crippen molar-refractivity contribution < 1.29 is 9.63 Å². The molecule has 0 spiro atoms. The van der Waals surface area contributed by atoms with Crippen LogP contribution in [0.3, 0.4) is 0 Å². The molecule has 0 radical (unpaired) electrons. The van der Waals surface area contributed by atoms with Gasteiger partial charge in [-0.05, 0) is 39.7 Å². The minimum Gasteiger partial charge on any atom is -0.396 e. The summed E-state index contributed by atoms with van der Waals surface area (Å²) in [6.45, 7) is 12.1. The molecular formula is C15H28N2O2. The molecule has 0 atom stereocenters. The van der Waals surface area contributed by atoms with Crippen molar-refractivity contribution in [3.8, 4) is 0 Å². The fraction of sp³-hybridized carbons (Fsp3) is 0.733. The van der Waals surface area contributed by atoms with Crippen LogP contribution in [0.15, 0.2) is 17.8 Å². The predicted molar refractivity (Wildman–Crippen MR) is 80.2 cm³/mol. The van der Waals surface area contributed by atoms with E-state index in [4.69, 9.17) is 4.84 Å². The van der Waals surface area contributed by atoms with Gasteiger partial charge in [-0.1, -0.05) is 31.5 Å². The highest BCUT2D eigenvalue weighted by Gasteiger charge is 2.20. The quantitative estimate of drug-likeness (QED) is 0.285. The summed E-state index contributed by atoms with van der Waals surface area (Å²) in [7, 11) is 0. The summed E-state index contributed by atoms with van der Waals surface area (Å²) >= 11 is 0. The lowest BCUT2D eigenvalue weighted by Crippen LogP contribution is -2.43. The first-order chi connectivity index (χ1) is 8.91. The normalized spacial score (nSPS) is 12.1. The third kappa shape index (κ3) is 10.3. The van der Waals surface area contributed by atoms with Gasteiger partial charge in [-0.25, -0.2) is 0 Å². The summed E-state index contributed by atoms with van der Waals surface area (Å²) in [6, 6.07) is 0. The highest BCUT2D eigenvalue weighted by molar-refractivity contribution is 5.89. The number of hydrogen-bond donors (Lipinski definition) is 1. The molecule has 110 valence electrons. The third-order valence-corrected chi connectivity index (χ3v) is 2.65. The van der Waals surface area contributed by atoms with Crippen LogP contribution in [0.5, 0.6) is 0 Å². The summed E-state index contributed by atoms with van der Waals surface area (Å²) in [5.41, 5.74) is 0.537. The van der Waals surface area contributed by atoms with E-state index < -0.39 is 0 Å². The van der Waals surface area contributed by atoms with Crippen molar-refractivity contribution in [3.05, 3.63) is 12.7 Å². The Kier molecular flexibility index (Phi) is 8.92. The van der Waals surface area contributed by atoms with Gasteiger partial charge < -0.3 is 10.2 Å². The van der Waals surface area contributed by atoms with Crippen molar-refractivity contribution in [2.45, 2.75) is 65.3 Å². The Morgan fingerprint density at radius 1 is 1.37 bits per heavy atom. The molecule has 0 fully saturated rings. The van der Waals surface area contributed by atoms with E-state index in [1.165, 1.54) is 25.3 Å². The molecule has 0 aromatic heterocycles. The molecule has 1 N–H and O–H groups in total. The Bertz CT molecular complexity index is 309. The van der Waals surface area contributed by atoms with Gasteiger partial charge in [0.15, 0.2) is 0 Å². The molecule has 0 aromatic carbocycles. The summed E-state index contributed by atoms with van der Waals surface area (Å²) in [4.78, 5) is 16.5. The van der Waals surface area contributed by atoms with Crippen LogP contribution in [0.2, 0.25) is 0 Å². The van der Waals surface area contributed by atoms with Crippen LogP contribution >= 0.6 is 0 Å². The van der Waals surface area contributed by atoms with Crippen molar-refractivity contribution >= 4 is 11.6 Å². The highest BCUT2D eigenvalue weighted by Crippen LogP contribution is 2.10. The Morgan fingerprint density at radius 3 is 2.63 bits per heavy atom. The summed E-state index contributed by atoms with van der Waals surface area (Å²) in [6.07, 6.45) is 6.62. The van der Waals surface area contributed by atoms with Crippen LogP contribution in [0.4, 0.5) is 0 Å². The van der Waals surface area contributed by atoms with Crippen LogP contribution in [0.1, 0.15) is 59.8 Å². The fourth-order valence-corrected chi connectivity index (χ4v) is 1.85. The number of hydrogen-bond acceptors (Lipinski definition) is 3. The van der Waals surface area contributed by atoms with E-state index in [2.05, 4.69) is 24.0 Å². The molecule has 0 saturated heterocycles. The van der Waals surface area contributed by atoms with Crippen molar-refractivity contribution in [3.63, 3.8) is 0 Å². The van der Waals surface area contributed by atoms with E-state index in [1.807, 2.05) is 20.8 Å². The molecule has 1 amide bonds. The van der Waals surface area contributed by atoms with E-state index in [0.29, 0.717) is 13.0 Å². The average Bonchev–Trinajstić information content (AvgIpc) is 2.32. The van der Waals surface area contributed by atoms with Gasteiger partial charge in [0.1, 0.15) is 6.61 Å². The monoisotopic (exact) mass is 268 g/mol. The van der Waals surface area contributed by atoms with Crippen molar-refractivity contribution in [1.82, 2.24) is 5.32 Å². The molecule has 0 bridgehead atoms. The molecule has 0 aliphatic rings. The lowest BCUT2D eigenvalue weighted by atomic mass is 9.98. The third-order valence-electron chi connectivity index (χ3n) is 2.65. The van der Waals surface area contributed by atoms with Gasteiger partial charge in [0.25, 0.3) is 0 Å². The first-order valence-corrected chi connectivity index (χ1v) is 7.01. The number of nitrogens with one attached hydrogen (secondary N) is 1. The molecule has 0 aliphatic carbocycles. The molecule has 19 heavy (non-hydrogen) atoms. The number of nitrogens with zero attached hydrogens (tertiary/aromatic N) is 1. The smallest absolute Gasteiger partial charge is 0.243 e. The molecule has 0 aromatic rings. The maximum absolute atomic E-state index is 11.3.